The van der Waals surface area contributed by atoms with Crippen molar-refractivity contribution in [2.75, 3.05) is 0 Å². The van der Waals surface area contributed by atoms with Gasteiger partial charge in [-0.05, 0) is 50.4 Å². The Morgan fingerprint density at radius 3 is 2.49 bits per heavy atom. The van der Waals surface area contributed by atoms with Crippen LogP contribution < -0.4 is 0 Å². The first kappa shape index (κ1) is 29.6. The number of esters is 1. The molecular weight excluding hydrogens is 480 g/mol. The summed E-state index contributed by atoms with van der Waals surface area (Å²) in [4.78, 5) is 13.2. The highest BCUT2D eigenvalue weighted by molar-refractivity contribution is 6.74. The van der Waals surface area contributed by atoms with Crippen LogP contribution in [0.2, 0.25) is 18.1 Å². The molecule has 0 amide bonds. The van der Waals surface area contributed by atoms with E-state index in [2.05, 4.69) is 66.4 Å². The van der Waals surface area contributed by atoms with Crippen LogP contribution in [0.3, 0.4) is 0 Å². The fraction of sp³-hybridized carbons (Fsp3) is 0.581. The van der Waals surface area contributed by atoms with Crippen molar-refractivity contribution in [2.45, 2.75) is 109 Å². The molecular formula is C31H46O5Si. The van der Waals surface area contributed by atoms with Crippen molar-refractivity contribution in [1.82, 2.24) is 0 Å². The molecule has 1 fully saturated rings. The van der Waals surface area contributed by atoms with Crippen molar-refractivity contribution in [3.8, 4) is 0 Å². The van der Waals surface area contributed by atoms with Crippen LogP contribution in [0.4, 0.5) is 0 Å². The zero-order valence-corrected chi connectivity index (χ0v) is 25.0. The second kappa shape index (κ2) is 11.8. The van der Waals surface area contributed by atoms with E-state index in [1.807, 2.05) is 43.3 Å². The molecule has 0 spiro atoms. The van der Waals surface area contributed by atoms with Gasteiger partial charge in [0.15, 0.2) is 14.6 Å². The molecule has 37 heavy (non-hydrogen) atoms. The van der Waals surface area contributed by atoms with Crippen LogP contribution in [0.1, 0.15) is 72.7 Å². The lowest BCUT2D eigenvalue weighted by Crippen LogP contribution is -2.45. The van der Waals surface area contributed by atoms with Gasteiger partial charge in [-0.1, -0.05) is 88.9 Å². The molecule has 204 valence electrons. The molecule has 1 aromatic rings. The normalized spacial score (nSPS) is 33.0. The highest BCUT2D eigenvalue weighted by Crippen LogP contribution is 2.44. The number of fused-ring (bicyclic) bond motifs is 1. The molecule has 6 atom stereocenters. The van der Waals surface area contributed by atoms with Gasteiger partial charge in [-0.2, -0.15) is 0 Å². The summed E-state index contributed by atoms with van der Waals surface area (Å²) in [5.74, 6) is -0.290. The molecule has 5 nitrogen and oxygen atoms in total. The van der Waals surface area contributed by atoms with Gasteiger partial charge in [-0.15, -0.1) is 0 Å². The maximum absolute atomic E-state index is 13.2. The quantitative estimate of drug-likeness (QED) is 0.170. The molecule has 0 aromatic heterocycles. The molecule has 2 unspecified atom stereocenters. The Bertz CT molecular complexity index is 993. The van der Waals surface area contributed by atoms with Gasteiger partial charge in [0.2, 0.25) is 0 Å². The first-order valence-electron chi connectivity index (χ1n) is 13.5. The van der Waals surface area contributed by atoms with Gasteiger partial charge < -0.3 is 18.6 Å². The summed E-state index contributed by atoms with van der Waals surface area (Å²) in [5, 5.41) is 0.0292. The minimum absolute atomic E-state index is 0.0292. The van der Waals surface area contributed by atoms with Crippen molar-refractivity contribution in [3.05, 3.63) is 72.4 Å². The summed E-state index contributed by atoms with van der Waals surface area (Å²) in [6, 6.07) is 10.1. The zero-order valence-electron chi connectivity index (χ0n) is 24.0. The van der Waals surface area contributed by atoms with E-state index in [1.54, 1.807) is 6.08 Å². The molecule has 6 heteroatoms. The Kier molecular flexibility index (Phi) is 9.44. The van der Waals surface area contributed by atoms with Gasteiger partial charge in [0.1, 0.15) is 12.2 Å². The summed E-state index contributed by atoms with van der Waals surface area (Å²) in [7, 11) is -2.12. The zero-order chi connectivity index (χ0) is 27.4. The van der Waals surface area contributed by atoms with Crippen molar-refractivity contribution < 1.29 is 23.4 Å². The number of carbonyl (C=O) groups excluding carboxylic acids is 1. The van der Waals surface area contributed by atoms with Gasteiger partial charge >= 0.3 is 5.97 Å². The van der Waals surface area contributed by atoms with Crippen LogP contribution in [0.15, 0.2) is 66.8 Å². The predicted molar refractivity (Wildman–Crippen MR) is 152 cm³/mol. The molecule has 2 heterocycles. The van der Waals surface area contributed by atoms with Crippen molar-refractivity contribution in [1.29, 1.82) is 0 Å². The van der Waals surface area contributed by atoms with Crippen molar-refractivity contribution >= 4 is 14.3 Å². The highest BCUT2D eigenvalue weighted by atomic mass is 28.4. The van der Waals surface area contributed by atoms with Gasteiger partial charge in [-0.25, -0.2) is 0 Å². The Balaban J connectivity index is 1.97. The van der Waals surface area contributed by atoms with E-state index in [4.69, 9.17) is 18.6 Å². The predicted octanol–water partition coefficient (Wildman–Crippen LogP) is 7.67. The molecule has 2 aliphatic rings. The lowest BCUT2D eigenvalue weighted by molar-refractivity contribution is -0.151. The van der Waals surface area contributed by atoms with Crippen LogP contribution in [0.5, 0.6) is 0 Å². The monoisotopic (exact) mass is 526 g/mol. The molecule has 1 saturated heterocycles. The maximum atomic E-state index is 13.2. The van der Waals surface area contributed by atoms with E-state index >= 15 is 0 Å². The third-order valence-electron chi connectivity index (χ3n) is 8.10. The molecule has 2 aliphatic heterocycles. The second-order valence-corrected chi connectivity index (χ2v) is 17.0. The van der Waals surface area contributed by atoms with Crippen molar-refractivity contribution in [3.63, 3.8) is 0 Å². The number of rotatable bonds is 5. The SMILES string of the molecule is C=C/C=C(\C)[C@H]1OC(=O)CC(O[Si](C)(C)C(C)(C)C)CC[C@@]2(C)OC(c3ccccc3)O[C@H]2/C=C/[C@@H]1C. The van der Waals surface area contributed by atoms with Crippen molar-refractivity contribution in [2.24, 2.45) is 5.92 Å². The molecule has 1 aromatic carbocycles. The average molecular weight is 527 g/mol. The number of hydrogen-bond donors (Lipinski definition) is 0. The van der Waals surface area contributed by atoms with Crippen LogP contribution in [0, 0.1) is 5.92 Å². The third-order valence-corrected chi connectivity index (χ3v) is 12.6. The number of cyclic esters (lactones) is 1. The largest absolute Gasteiger partial charge is 0.457 e. The lowest BCUT2D eigenvalue weighted by Gasteiger charge is -2.40. The van der Waals surface area contributed by atoms with Gasteiger partial charge in [0, 0.05) is 11.5 Å². The maximum Gasteiger partial charge on any atom is 0.308 e. The second-order valence-electron chi connectivity index (χ2n) is 12.3. The summed E-state index contributed by atoms with van der Waals surface area (Å²) in [5.41, 5.74) is 1.39. The molecule has 0 bridgehead atoms. The van der Waals surface area contributed by atoms with E-state index in [-0.39, 0.29) is 35.6 Å². The fourth-order valence-corrected chi connectivity index (χ4v) is 6.10. The molecule has 0 aliphatic carbocycles. The van der Waals surface area contributed by atoms with E-state index in [1.165, 1.54) is 0 Å². The Labute approximate surface area is 225 Å². The number of ether oxygens (including phenoxy) is 3. The van der Waals surface area contributed by atoms with E-state index in [9.17, 15) is 4.79 Å². The van der Waals surface area contributed by atoms with Gasteiger partial charge in [-0.3, -0.25) is 4.79 Å². The van der Waals surface area contributed by atoms with Crippen LogP contribution in [-0.4, -0.2) is 38.2 Å². The van der Waals surface area contributed by atoms with E-state index in [0.29, 0.717) is 12.8 Å². The summed E-state index contributed by atoms with van der Waals surface area (Å²) < 4.78 is 25.9. The standard InChI is InChI=1S/C31H46O5Si/c1-10-14-22(2)28-23(3)17-18-26-31(7,35-29(33-26)24-15-12-11-13-16-24)20-19-25(21-27(32)34-28)36-37(8,9)30(4,5)6/h10-18,23,25-26,28-29H,1,19-21H2,2-9H3/b18-17+,22-14+/t23-,25?,26-,28+,29?,31+/m0/s1. The fourth-order valence-electron chi connectivity index (χ4n) is 4.72. The number of carbonyl (C=O) groups is 1. The molecule has 0 saturated carbocycles. The first-order valence-corrected chi connectivity index (χ1v) is 16.4. The lowest BCUT2D eigenvalue weighted by atomic mass is 9.89. The first-order chi connectivity index (χ1) is 17.3. The van der Waals surface area contributed by atoms with Crippen LogP contribution in [-0.2, 0) is 23.4 Å². The van der Waals surface area contributed by atoms with Gasteiger partial charge in [0.05, 0.1) is 18.1 Å². The third kappa shape index (κ3) is 7.32. The van der Waals surface area contributed by atoms with Crippen LogP contribution >= 0.6 is 0 Å². The topological polar surface area (TPSA) is 54.0 Å². The molecule has 3 rings (SSSR count). The number of hydrogen-bond acceptors (Lipinski definition) is 5. The summed E-state index contributed by atoms with van der Waals surface area (Å²) in [6.45, 7) is 21.1. The Hall–Kier alpha value is -1.99. The smallest absolute Gasteiger partial charge is 0.308 e. The highest BCUT2D eigenvalue weighted by Gasteiger charge is 2.47. The minimum atomic E-state index is -2.12. The summed E-state index contributed by atoms with van der Waals surface area (Å²) >= 11 is 0. The Morgan fingerprint density at radius 2 is 1.86 bits per heavy atom. The van der Waals surface area contributed by atoms with E-state index < -0.39 is 26.3 Å². The van der Waals surface area contributed by atoms with Crippen LogP contribution in [0.25, 0.3) is 0 Å². The van der Waals surface area contributed by atoms with E-state index in [0.717, 1.165) is 11.1 Å². The summed E-state index contributed by atoms with van der Waals surface area (Å²) in [6.07, 6.45) is 8.05. The number of allylic oxidation sites excluding steroid dienone is 2. The average Bonchev–Trinajstić information content (AvgIpc) is 3.15. The Morgan fingerprint density at radius 1 is 1.19 bits per heavy atom. The minimum Gasteiger partial charge on any atom is -0.457 e. The molecule has 0 radical (unpaired) electrons. The number of benzene rings is 1. The molecule has 0 N–H and O–H groups in total. The van der Waals surface area contributed by atoms with Gasteiger partial charge in [0.25, 0.3) is 0 Å².